The van der Waals surface area contributed by atoms with Crippen LogP contribution in [0.15, 0.2) is 0 Å². The van der Waals surface area contributed by atoms with Crippen LogP contribution in [-0.4, -0.2) is 39.7 Å². The third-order valence-corrected chi connectivity index (χ3v) is 9.92. The molecule has 5 heteroatoms. The largest absolute Gasteiger partial charge is 0.416 e. The first kappa shape index (κ1) is 17.1. The average Bonchev–Trinajstić information content (AvgIpc) is 2.79. The van der Waals surface area contributed by atoms with Crippen molar-refractivity contribution in [3.05, 3.63) is 0 Å². The van der Waals surface area contributed by atoms with Crippen molar-refractivity contribution in [1.82, 2.24) is 0 Å². The van der Waals surface area contributed by atoms with Crippen molar-refractivity contribution in [3.63, 3.8) is 0 Å². The van der Waals surface area contributed by atoms with E-state index < -0.39 is 19.5 Å². The molecular weight excluding hydrogens is 284 g/mol. The second-order valence-electron chi connectivity index (χ2n) is 8.32. The lowest BCUT2D eigenvalue weighted by molar-refractivity contribution is -0.203. The summed E-state index contributed by atoms with van der Waals surface area (Å²) < 4.78 is 17.9. The average molecular weight is 314 g/mol. The van der Waals surface area contributed by atoms with Crippen LogP contribution >= 0.6 is 0 Å². The molecule has 1 spiro atoms. The fraction of sp³-hybridized carbons (Fsp3) is 0.938. The van der Waals surface area contributed by atoms with E-state index in [1.165, 1.54) is 0 Å². The van der Waals surface area contributed by atoms with Crippen molar-refractivity contribution in [2.45, 2.75) is 70.9 Å². The van der Waals surface area contributed by atoms with Crippen molar-refractivity contribution in [2.75, 3.05) is 19.8 Å². The number of ether oxygens (including phenoxy) is 2. The maximum Gasteiger partial charge on any atom is 0.192 e. The molecule has 0 aromatic carbocycles. The Hall–Kier alpha value is -0.233. The standard InChI is InChI=1S/C16H30O4Si/c1-14(2,3)21(5,6)20-12-15(4)11-16(8-7-13(15)17)18-9-10-19-16/h7-12H2,1-6H3. The maximum atomic E-state index is 12.4. The molecule has 0 aromatic rings. The topological polar surface area (TPSA) is 44.8 Å². The van der Waals surface area contributed by atoms with Gasteiger partial charge in [0, 0.05) is 25.9 Å². The Kier molecular flexibility index (Phi) is 4.44. The van der Waals surface area contributed by atoms with Crippen molar-refractivity contribution in [1.29, 1.82) is 0 Å². The lowest BCUT2D eigenvalue weighted by atomic mass is 9.72. The molecule has 1 saturated carbocycles. The quantitative estimate of drug-likeness (QED) is 0.748. The Morgan fingerprint density at radius 3 is 2.33 bits per heavy atom. The number of carbonyl (C=O) groups excluding carboxylic acids is 1. The van der Waals surface area contributed by atoms with E-state index in [1.54, 1.807) is 0 Å². The molecule has 1 aliphatic heterocycles. The molecule has 0 N–H and O–H groups in total. The van der Waals surface area contributed by atoms with E-state index in [1.807, 2.05) is 6.92 Å². The fourth-order valence-electron chi connectivity index (χ4n) is 2.82. The van der Waals surface area contributed by atoms with Gasteiger partial charge in [-0.25, -0.2) is 0 Å². The van der Waals surface area contributed by atoms with E-state index >= 15 is 0 Å². The molecule has 4 nitrogen and oxygen atoms in total. The van der Waals surface area contributed by atoms with Gasteiger partial charge in [0.15, 0.2) is 14.1 Å². The monoisotopic (exact) mass is 314 g/mol. The number of ketones is 1. The molecule has 0 amide bonds. The first-order chi connectivity index (χ1) is 9.50. The third kappa shape index (κ3) is 3.41. The van der Waals surface area contributed by atoms with Crippen molar-refractivity contribution in [2.24, 2.45) is 5.41 Å². The molecular formula is C16H30O4Si. The SMILES string of the molecule is CC1(CO[Si](C)(C)C(C)(C)C)CC2(CCC1=O)OCCO2. The van der Waals surface area contributed by atoms with E-state index in [9.17, 15) is 4.79 Å². The Morgan fingerprint density at radius 2 is 1.81 bits per heavy atom. The Balaban J connectivity index is 2.07. The summed E-state index contributed by atoms with van der Waals surface area (Å²) >= 11 is 0. The van der Waals surface area contributed by atoms with Crippen LogP contribution in [0.4, 0.5) is 0 Å². The second-order valence-corrected chi connectivity index (χ2v) is 13.1. The zero-order valence-electron chi connectivity index (χ0n) is 14.4. The van der Waals surface area contributed by atoms with E-state index in [-0.39, 0.29) is 10.8 Å². The molecule has 0 bridgehead atoms. The summed E-state index contributed by atoms with van der Waals surface area (Å²) in [5.74, 6) is -0.259. The molecule has 0 aromatic heterocycles. The minimum Gasteiger partial charge on any atom is -0.416 e. The van der Waals surface area contributed by atoms with Crippen LogP contribution in [0.5, 0.6) is 0 Å². The van der Waals surface area contributed by atoms with E-state index in [4.69, 9.17) is 13.9 Å². The van der Waals surface area contributed by atoms with Gasteiger partial charge in [0.05, 0.1) is 18.6 Å². The number of carbonyl (C=O) groups is 1. The molecule has 2 fully saturated rings. The van der Waals surface area contributed by atoms with Gasteiger partial charge in [-0.3, -0.25) is 4.79 Å². The molecule has 2 aliphatic rings. The molecule has 2 rings (SSSR count). The Labute approximate surface area is 129 Å². The van der Waals surface area contributed by atoms with Crippen LogP contribution in [0, 0.1) is 5.41 Å². The zero-order valence-corrected chi connectivity index (χ0v) is 15.4. The lowest BCUT2D eigenvalue weighted by Gasteiger charge is -2.44. The summed E-state index contributed by atoms with van der Waals surface area (Å²) in [4.78, 5) is 12.4. The van der Waals surface area contributed by atoms with Crippen LogP contribution in [0.3, 0.4) is 0 Å². The summed E-state index contributed by atoms with van der Waals surface area (Å²) in [7, 11) is -1.85. The second kappa shape index (κ2) is 5.44. The number of Topliss-reactive ketones (excluding diaryl/α,β-unsaturated/α-hetero) is 1. The first-order valence-electron chi connectivity index (χ1n) is 7.95. The van der Waals surface area contributed by atoms with Crippen molar-refractivity contribution in [3.8, 4) is 0 Å². The Morgan fingerprint density at radius 1 is 1.24 bits per heavy atom. The van der Waals surface area contributed by atoms with Crippen LogP contribution < -0.4 is 0 Å². The number of rotatable bonds is 3. The summed E-state index contributed by atoms with van der Waals surface area (Å²) in [5.41, 5.74) is -0.488. The van der Waals surface area contributed by atoms with Crippen molar-refractivity contribution >= 4 is 14.1 Å². The molecule has 21 heavy (non-hydrogen) atoms. The first-order valence-corrected chi connectivity index (χ1v) is 10.9. The summed E-state index contributed by atoms with van der Waals surface area (Å²) in [6.07, 6.45) is 1.83. The van der Waals surface area contributed by atoms with E-state index in [2.05, 4.69) is 33.9 Å². The summed E-state index contributed by atoms with van der Waals surface area (Å²) in [6.45, 7) is 14.9. The summed E-state index contributed by atoms with van der Waals surface area (Å²) in [5, 5.41) is 0.152. The van der Waals surface area contributed by atoms with Gasteiger partial charge < -0.3 is 13.9 Å². The minimum atomic E-state index is -1.85. The number of hydrogen-bond donors (Lipinski definition) is 0. The van der Waals surface area contributed by atoms with Crippen molar-refractivity contribution < 1.29 is 18.7 Å². The van der Waals surface area contributed by atoms with Crippen LogP contribution in [0.2, 0.25) is 18.1 Å². The fourth-order valence-corrected chi connectivity index (χ4v) is 3.93. The van der Waals surface area contributed by atoms with E-state index in [0.29, 0.717) is 39.1 Å². The van der Waals surface area contributed by atoms with Crippen LogP contribution in [0.1, 0.15) is 47.0 Å². The normalized spacial score (nSPS) is 30.1. The molecule has 1 heterocycles. The van der Waals surface area contributed by atoms with Gasteiger partial charge in [-0.2, -0.15) is 0 Å². The van der Waals surface area contributed by atoms with Gasteiger partial charge >= 0.3 is 0 Å². The van der Waals surface area contributed by atoms with Crippen LogP contribution in [-0.2, 0) is 18.7 Å². The highest BCUT2D eigenvalue weighted by molar-refractivity contribution is 6.74. The lowest BCUT2D eigenvalue weighted by Crippen LogP contribution is -2.51. The smallest absolute Gasteiger partial charge is 0.192 e. The third-order valence-electron chi connectivity index (χ3n) is 5.44. The van der Waals surface area contributed by atoms with E-state index in [0.717, 1.165) is 0 Å². The van der Waals surface area contributed by atoms with Gasteiger partial charge in [-0.05, 0) is 18.1 Å². The minimum absolute atomic E-state index is 0.152. The van der Waals surface area contributed by atoms with Gasteiger partial charge in [0.2, 0.25) is 0 Å². The molecule has 1 unspecified atom stereocenters. The molecule has 1 atom stereocenters. The zero-order chi connectivity index (χ0) is 15.9. The predicted molar refractivity (Wildman–Crippen MR) is 84.7 cm³/mol. The van der Waals surface area contributed by atoms with Gasteiger partial charge in [0.25, 0.3) is 0 Å². The molecule has 122 valence electrons. The summed E-state index contributed by atoms with van der Waals surface area (Å²) in [6, 6.07) is 0. The van der Waals surface area contributed by atoms with Crippen LogP contribution in [0.25, 0.3) is 0 Å². The predicted octanol–water partition coefficient (Wildman–Crippen LogP) is 3.51. The van der Waals surface area contributed by atoms with Gasteiger partial charge in [0.1, 0.15) is 5.78 Å². The highest BCUT2D eigenvalue weighted by Crippen LogP contribution is 2.45. The highest BCUT2D eigenvalue weighted by Gasteiger charge is 2.51. The molecule has 1 saturated heterocycles. The van der Waals surface area contributed by atoms with Gasteiger partial charge in [-0.15, -0.1) is 0 Å². The highest BCUT2D eigenvalue weighted by atomic mass is 28.4. The molecule has 1 aliphatic carbocycles. The Bertz CT molecular complexity index is 407. The maximum absolute atomic E-state index is 12.4. The van der Waals surface area contributed by atoms with Gasteiger partial charge in [-0.1, -0.05) is 27.7 Å². The molecule has 0 radical (unpaired) electrons. The number of hydrogen-bond acceptors (Lipinski definition) is 4.